The summed E-state index contributed by atoms with van der Waals surface area (Å²) in [6.45, 7) is 5.39. The van der Waals surface area contributed by atoms with Gasteiger partial charge in [0.15, 0.2) is 0 Å². The molecule has 3 saturated heterocycles. The Kier molecular flexibility index (Phi) is 5.84. The number of hydrogen-bond donors (Lipinski definition) is 4. The van der Waals surface area contributed by atoms with E-state index < -0.39 is 18.2 Å². The maximum absolute atomic E-state index is 13.1. The number of carbonyl (C=O) groups is 3. The van der Waals surface area contributed by atoms with Crippen LogP contribution in [0.2, 0.25) is 0 Å². The van der Waals surface area contributed by atoms with Crippen LogP contribution in [0.5, 0.6) is 0 Å². The number of rotatable bonds is 5. The van der Waals surface area contributed by atoms with E-state index in [0.717, 1.165) is 26.2 Å². The lowest BCUT2D eigenvalue weighted by Gasteiger charge is -2.44. The minimum absolute atomic E-state index is 0.0651. The standard InChI is InChI=1S/C19H28N4O6S/c1-10(24)15-13-8-14(17(29-19(27)28)22(13)16(15)25)30-11-7-12(21-9-11)18(26)23(2)5-3-20-4-6-23/h10-13,15,20-21,24H,3-9H2,1-2H3/p+1/t10?,11?,12?,13-,15?/m1/s1. The van der Waals surface area contributed by atoms with Crippen LogP contribution in [-0.4, -0.2) is 101 Å². The molecule has 11 heteroatoms. The zero-order chi connectivity index (χ0) is 21.6. The Morgan fingerprint density at radius 2 is 2.03 bits per heavy atom. The second-order valence-corrected chi connectivity index (χ2v) is 10.1. The number of fused-ring (bicyclic) bond motifs is 1. The van der Waals surface area contributed by atoms with Crippen LogP contribution in [0.25, 0.3) is 0 Å². The molecule has 0 bridgehead atoms. The zero-order valence-corrected chi connectivity index (χ0v) is 18.0. The van der Waals surface area contributed by atoms with Gasteiger partial charge in [0.25, 0.3) is 0 Å². The minimum Gasteiger partial charge on any atom is -0.449 e. The van der Waals surface area contributed by atoms with Gasteiger partial charge in [-0.05, 0) is 13.3 Å². The molecule has 166 valence electrons. The number of aliphatic hydroxyl groups is 1. The Morgan fingerprint density at radius 1 is 1.33 bits per heavy atom. The summed E-state index contributed by atoms with van der Waals surface area (Å²) in [6.07, 6.45) is -1.16. The number of β-lactam (4-membered cyclic amide) rings is 1. The Balaban J connectivity index is 1.43. The van der Waals surface area contributed by atoms with Gasteiger partial charge in [-0.15, -0.1) is 11.8 Å². The lowest BCUT2D eigenvalue weighted by atomic mass is 9.84. The number of aliphatic hydroxyl groups excluding tert-OH is 1. The van der Waals surface area contributed by atoms with Crippen LogP contribution in [0, 0.1) is 5.92 Å². The Bertz CT molecular complexity index is 781. The monoisotopic (exact) mass is 441 g/mol. The fourth-order valence-corrected chi connectivity index (χ4v) is 6.31. The van der Waals surface area contributed by atoms with Gasteiger partial charge in [-0.3, -0.25) is 14.2 Å². The summed E-state index contributed by atoms with van der Waals surface area (Å²) in [5.41, 5.74) is 0. The molecule has 0 aromatic rings. The lowest BCUT2D eigenvalue weighted by molar-refractivity contribution is -0.837. The summed E-state index contributed by atoms with van der Waals surface area (Å²) in [5.74, 6) is -0.593. The molecule has 0 radical (unpaired) electrons. The molecule has 5 atom stereocenters. The van der Waals surface area contributed by atoms with Crippen molar-refractivity contribution in [3.05, 3.63) is 10.8 Å². The summed E-state index contributed by atoms with van der Waals surface area (Å²) in [6, 6.07) is -0.508. The van der Waals surface area contributed by atoms with Crippen molar-refractivity contribution < 1.29 is 33.8 Å². The highest BCUT2D eigenvalue weighted by Gasteiger charge is 2.57. The molecule has 0 aromatic heterocycles. The number of carbonyl (C=O) groups excluding carboxylic acids is 2. The third kappa shape index (κ3) is 3.73. The molecule has 4 rings (SSSR count). The molecule has 3 fully saturated rings. The van der Waals surface area contributed by atoms with Gasteiger partial charge in [-0.2, -0.15) is 0 Å². The maximum Gasteiger partial charge on any atom is 0.512 e. The number of likely N-dealkylation sites (N-methyl/N-ethyl adjacent to an activating group) is 1. The van der Waals surface area contributed by atoms with Crippen molar-refractivity contribution in [3.63, 3.8) is 0 Å². The van der Waals surface area contributed by atoms with E-state index in [2.05, 4.69) is 10.6 Å². The molecular formula is C19H29N4O6S+. The zero-order valence-electron chi connectivity index (χ0n) is 17.2. The summed E-state index contributed by atoms with van der Waals surface area (Å²) >= 11 is 1.48. The summed E-state index contributed by atoms with van der Waals surface area (Å²) in [4.78, 5) is 38.7. The van der Waals surface area contributed by atoms with Gasteiger partial charge in [-0.25, -0.2) is 9.59 Å². The molecular weight excluding hydrogens is 412 g/mol. The summed E-state index contributed by atoms with van der Waals surface area (Å²) < 4.78 is 5.37. The van der Waals surface area contributed by atoms with E-state index >= 15 is 0 Å². The van der Waals surface area contributed by atoms with Crippen LogP contribution in [0.4, 0.5) is 4.79 Å². The third-order valence-corrected chi connectivity index (χ3v) is 7.94. The maximum atomic E-state index is 13.1. The van der Waals surface area contributed by atoms with Crippen LogP contribution in [0.15, 0.2) is 10.8 Å². The average molecular weight is 442 g/mol. The quantitative estimate of drug-likeness (QED) is 0.254. The molecule has 30 heavy (non-hydrogen) atoms. The van der Waals surface area contributed by atoms with E-state index in [-0.39, 0.29) is 35.0 Å². The van der Waals surface area contributed by atoms with E-state index in [4.69, 9.17) is 9.84 Å². The fraction of sp³-hybridized carbons (Fsp3) is 0.737. The van der Waals surface area contributed by atoms with Crippen LogP contribution in [0.3, 0.4) is 0 Å². The first-order chi connectivity index (χ1) is 14.2. The van der Waals surface area contributed by atoms with Gasteiger partial charge < -0.3 is 25.6 Å². The molecule has 0 spiro atoms. The molecule has 4 aliphatic rings. The molecule has 4 N–H and O–H groups in total. The molecule has 4 unspecified atom stereocenters. The first-order valence-corrected chi connectivity index (χ1v) is 11.2. The van der Waals surface area contributed by atoms with Gasteiger partial charge in [0.1, 0.15) is 6.04 Å². The number of thioether (sulfide) groups is 1. The molecule has 0 aliphatic carbocycles. The van der Waals surface area contributed by atoms with E-state index in [1.54, 1.807) is 6.92 Å². The summed E-state index contributed by atoms with van der Waals surface area (Å²) in [7, 11) is 1.98. The number of nitrogens with zero attached hydrogens (tertiary/aromatic N) is 2. The molecule has 10 nitrogen and oxygen atoms in total. The largest absolute Gasteiger partial charge is 0.512 e. The van der Waals surface area contributed by atoms with Crippen molar-refractivity contribution in [3.8, 4) is 0 Å². The van der Waals surface area contributed by atoms with Crippen LogP contribution >= 0.6 is 11.8 Å². The average Bonchev–Trinajstić information content (AvgIpc) is 3.24. The Morgan fingerprint density at radius 3 is 2.67 bits per heavy atom. The minimum atomic E-state index is -1.47. The predicted octanol–water partition coefficient (Wildman–Crippen LogP) is -0.498. The molecule has 0 saturated carbocycles. The normalized spacial score (nSPS) is 33.8. The van der Waals surface area contributed by atoms with E-state index in [1.165, 1.54) is 16.7 Å². The van der Waals surface area contributed by atoms with Crippen LogP contribution in [-0.2, 0) is 14.3 Å². The number of quaternary nitrogens is 1. The number of nitrogens with one attached hydrogen (secondary N) is 2. The smallest absolute Gasteiger partial charge is 0.449 e. The highest BCUT2D eigenvalue weighted by molar-refractivity contribution is 8.03. The van der Waals surface area contributed by atoms with Crippen LogP contribution in [0.1, 0.15) is 19.8 Å². The number of ether oxygens (including phenoxy) is 1. The molecule has 2 amide bonds. The third-order valence-electron chi connectivity index (χ3n) is 6.62. The van der Waals surface area contributed by atoms with Gasteiger partial charge >= 0.3 is 12.1 Å². The highest BCUT2D eigenvalue weighted by Crippen LogP contribution is 2.48. The van der Waals surface area contributed by atoms with Crippen molar-refractivity contribution in [2.75, 3.05) is 39.8 Å². The fourth-order valence-electron chi connectivity index (χ4n) is 4.93. The van der Waals surface area contributed by atoms with Crippen molar-refractivity contribution >= 4 is 29.7 Å². The number of piperazine rings is 1. The van der Waals surface area contributed by atoms with Crippen molar-refractivity contribution in [2.45, 2.75) is 43.2 Å². The highest BCUT2D eigenvalue weighted by atomic mass is 32.2. The van der Waals surface area contributed by atoms with Crippen molar-refractivity contribution in [2.24, 2.45) is 5.92 Å². The number of amides is 2. The number of hydrogen-bond acceptors (Lipinski definition) is 8. The van der Waals surface area contributed by atoms with E-state index in [9.17, 15) is 19.5 Å². The van der Waals surface area contributed by atoms with E-state index in [0.29, 0.717) is 28.8 Å². The number of carboxylic acid groups (broad SMARTS) is 1. The second kappa shape index (κ2) is 8.12. The lowest BCUT2D eigenvalue weighted by Crippen LogP contribution is -2.63. The van der Waals surface area contributed by atoms with Crippen molar-refractivity contribution in [1.82, 2.24) is 15.5 Å². The molecule has 0 aromatic carbocycles. The first kappa shape index (κ1) is 21.6. The van der Waals surface area contributed by atoms with E-state index in [1.807, 2.05) is 7.05 Å². The Labute approximate surface area is 179 Å². The van der Waals surface area contributed by atoms with Crippen molar-refractivity contribution in [1.29, 1.82) is 0 Å². The van der Waals surface area contributed by atoms with Gasteiger partial charge in [0.2, 0.25) is 11.8 Å². The Hall–Kier alpha value is -1.66. The van der Waals surface area contributed by atoms with Gasteiger partial charge in [0.05, 0.1) is 38.2 Å². The SMILES string of the molecule is CC(O)C1C(=O)N2C(OC(=O)O)=C(SC3CNC(C(=O)[N+]4(C)CCNCC4)C3)C[C@H]12. The molecule has 4 heterocycles. The molecule has 4 aliphatic heterocycles. The summed E-state index contributed by atoms with van der Waals surface area (Å²) in [5, 5.41) is 25.7. The first-order valence-electron chi connectivity index (χ1n) is 10.4. The topological polar surface area (TPSA) is 128 Å². The predicted molar refractivity (Wildman–Crippen MR) is 108 cm³/mol. The second-order valence-electron chi connectivity index (χ2n) is 8.71. The van der Waals surface area contributed by atoms with Gasteiger partial charge in [-0.1, -0.05) is 0 Å². The van der Waals surface area contributed by atoms with Gasteiger partial charge in [0, 0.05) is 36.2 Å². The van der Waals surface area contributed by atoms with Crippen LogP contribution < -0.4 is 10.6 Å².